The molecule has 0 aromatic carbocycles. The molecule has 1 fully saturated rings. The van der Waals surface area contributed by atoms with E-state index < -0.39 is 0 Å². The monoisotopic (exact) mass is 301 g/mol. The van der Waals surface area contributed by atoms with Gasteiger partial charge >= 0.3 is 6.01 Å². The molecule has 0 saturated carbocycles. The van der Waals surface area contributed by atoms with E-state index >= 15 is 0 Å². The first-order valence-electron chi connectivity index (χ1n) is 6.96. The Kier molecular flexibility index (Phi) is 4.08. The van der Waals surface area contributed by atoms with Gasteiger partial charge in [0.2, 0.25) is 5.91 Å². The quantitative estimate of drug-likeness (QED) is 0.771. The van der Waals surface area contributed by atoms with Crippen LogP contribution in [0.2, 0.25) is 0 Å². The van der Waals surface area contributed by atoms with Crippen LogP contribution in [-0.2, 0) is 11.3 Å². The van der Waals surface area contributed by atoms with Crippen LogP contribution in [0.3, 0.4) is 0 Å². The molecule has 0 radical (unpaired) electrons. The number of amides is 1. The SMILES string of the molecule is O=C(Cn1ncccc1=O)N1CC[C@@H](Oc2ncccn2)C1. The first kappa shape index (κ1) is 14.2. The predicted octanol–water partition coefficient (Wildman–Crippen LogP) is -0.287. The van der Waals surface area contributed by atoms with Gasteiger partial charge in [0, 0.05) is 37.6 Å². The van der Waals surface area contributed by atoms with Crippen molar-refractivity contribution in [2.45, 2.75) is 19.1 Å². The van der Waals surface area contributed by atoms with E-state index in [1.807, 2.05) is 0 Å². The molecule has 0 bridgehead atoms. The highest BCUT2D eigenvalue weighted by molar-refractivity contribution is 5.76. The van der Waals surface area contributed by atoms with Crippen molar-refractivity contribution in [1.29, 1.82) is 0 Å². The smallest absolute Gasteiger partial charge is 0.316 e. The fourth-order valence-corrected chi connectivity index (χ4v) is 2.28. The van der Waals surface area contributed by atoms with Crippen molar-refractivity contribution < 1.29 is 9.53 Å². The summed E-state index contributed by atoms with van der Waals surface area (Å²) in [4.78, 5) is 33.4. The number of carbonyl (C=O) groups is 1. The summed E-state index contributed by atoms with van der Waals surface area (Å²) in [7, 11) is 0. The number of ether oxygens (including phenoxy) is 1. The van der Waals surface area contributed by atoms with Gasteiger partial charge in [-0.05, 0) is 12.1 Å². The molecule has 114 valence electrons. The molecule has 1 aliphatic rings. The minimum Gasteiger partial charge on any atom is -0.458 e. The van der Waals surface area contributed by atoms with Crippen molar-refractivity contribution in [2.75, 3.05) is 13.1 Å². The molecule has 0 aliphatic carbocycles. The minimum absolute atomic E-state index is 0.0613. The fraction of sp³-hybridized carbons (Fsp3) is 0.357. The third kappa shape index (κ3) is 3.27. The van der Waals surface area contributed by atoms with E-state index in [2.05, 4.69) is 15.1 Å². The molecule has 3 rings (SSSR count). The lowest BCUT2D eigenvalue weighted by Crippen LogP contribution is -2.36. The Morgan fingerprint density at radius 1 is 1.27 bits per heavy atom. The highest BCUT2D eigenvalue weighted by atomic mass is 16.5. The molecule has 22 heavy (non-hydrogen) atoms. The lowest BCUT2D eigenvalue weighted by Gasteiger charge is -2.16. The summed E-state index contributed by atoms with van der Waals surface area (Å²) in [5.41, 5.74) is -0.291. The Hall–Kier alpha value is -2.77. The summed E-state index contributed by atoms with van der Waals surface area (Å²) in [6.07, 6.45) is 5.27. The molecule has 2 aromatic rings. The predicted molar refractivity (Wildman–Crippen MR) is 76.1 cm³/mol. The molecule has 1 amide bonds. The molecule has 1 aliphatic heterocycles. The number of hydrogen-bond donors (Lipinski definition) is 0. The van der Waals surface area contributed by atoms with Gasteiger partial charge in [0.1, 0.15) is 12.6 Å². The van der Waals surface area contributed by atoms with Crippen LogP contribution in [0.15, 0.2) is 41.6 Å². The average Bonchev–Trinajstić information content (AvgIpc) is 2.99. The molecule has 8 nitrogen and oxygen atoms in total. The van der Waals surface area contributed by atoms with Crippen LogP contribution in [0.1, 0.15) is 6.42 Å². The maximum absolute atomic E-state index is 12.2. The first-order valence-corrected chi connectivity index (χ1v) is 6.96. The van der Waals surface area contributed by atoms with Gasteiger partial charge in [-0.1, -0.05) is 0 Å². The maximum Gasteiger partial charge on any atom is 0.316 e. The fourth-order valence-electron chi connectivity index (χ4n) is 2.28. The van der Waals surface area contributed by atoms with Crippen molar-refractivity contribution in [3.8, 4) is 6.01 Å². The number of nitrogens with zero attached hydrogens (tertiary/aromatic N) is 5. The Labute approximate surface area is 126 Å². The highest BCUT2D eigenvalue weighted by Crippen LogP contribution is 2.14. The Morgan fingerprint density at radius 3 is 2.86 bits per heavy atom. The van der Waals surface area contributed by atoms with Crippen molar-refractivity contribution in [2.24, 2.45) is 0 Å². The van der Waals surface area contributed by atoms with Crippen LogP contribution >= 0.6 is 0 Å². The molecule has 0 N–H and O–H groups in total. The zero-order valence-corrected chi connectivity index (χ0v) is 11.8. The maximum atomic E-state index is 12.2. The van der Waals surface area contributed by atoms with Gasteiger partial charge in [0.05, 0.1) is 6.54 Å². The number of rotatable bonds is 4. The Balaban J connectivity index is 1.57. The summed E-state index contributed by atoms with van der Waals surface area (Å²) < 4.78 is 6.78. The van der Waals surface area contributed by atoms with Gasteiger partial charge in [-0.3, -0.25) is 9.59 Å². The molecule has 8 heteroatoms. The van der Waals surface area contributed by atoms with Gasteiger partial charge < -0.3 is 9.64 Å². The van der Waals surface area contributed by atoms with Crippen LogP contribution in [0.4, 0.5) is 0 Å². The van der Waals surface area contributed by atoms with Crippen LogP contribution in [0, 0.1) is 0 Å². The number of aromatic nitrogens is 4. The summed E-state index contributed by atoms with van der Waals surface area (Å²) in [6.45, 7) is 0.977. The van der Waals surface area contributed by atoms with E-state index in [-0.39, 0.29) is 24.1 Å². The van der Waals surface area contributed by atoms with E-state index in [4.69, 9.17) is 4.74 Å². The second-order valence-corrected chi connectivity index (χ2v) is 4.92. The largest absolute Gasteiger partial charge is 0.458 e. The Morgan fingerprint density at radius 2 is 2.09 bits per heavy atom. The molecular weight excluding hydrogens is 286 g/mol. The molecule has 3 heterocycles. The summed E-state index contributed by atoms with van der Waals surface area (Å²) in [5.74, 6) is -0.152. The van der Waals surface area contributed by atoms with Crippen molar-refractivity contribution >= 4 is 5.91 Å². The van der Waals surface area contributed by atoms with Gasteiger partial charge in [-0.15, -0.1) is 0 Å². The van der Waals surface area contributed by atoms with Gasteiger partial charge in [-0.25, -0.2) is 14.6 Å². The van der Waals surface area contributed by atoms with Crippen LogP contribution in [0.25, 0.3) is 0 Å². The zero-order valence-electron chi connectivity index (χ0n) is 11.8. The number of carbonyl (C=O) groups excluding carboxylic acids is 1. The van der Waals surface area contributed by atoms with E-state index in [9.17, 15) is 9.59 Å². The zero-order chi connectivity index (χ0) is 15.4. The van der Waals surface area contributed by atoms with E-state index in [1.54, 1.807) is 29.4 Å². The second kappa shape index (κ2) is 6.33. The van der Waals surface area contributed by atoms with Crippen LogP contribution in [-0.4, -0.2) is 49.7 Å². The third-order valence-electron chi connectivity index (χ3n) is 3.38. The molecule has 1 atom stereocenters. The van der Waals surface area contributed by atoms with Crippen LogP contribution in [0.5, 0.6) is 6.01 Å². The van der Waals surface area contributed by atoms with Gasteiger partial charge in [0.25, 0.3) is 5.56 Å². The Bertz CT molecular complexity index is 703. The van der Waals surface area contributed by atoms with E-state index in [0.29, 0.717) is 25.5 Å². The summed E-state index contributed by atoms with van der Waals surface area (Å²) in [6, 6.07) is 4.94. The highest BCUT2D eigenvalue weighted by Gasteiger charge is 2.28. The number of hydrogen-bond acceptors (Lipinski definition) is 6. The lowest BCUT2D eigenvalue weighted by atomic mass is 10.3. The second-order valence-electron chi connectivity index (χ2n) is 4.92. The number of likely N-dealkylation sites (tertiary alicyclic amines) is 1. The average molecular weight is 301 g/mol. The third-order valence-corrected chi connectivity index (χ3v) is 3.38. The van der Waals surface area contributed by atoms with E-state index in [0.717, 1.165) is 4.68 Å². The van der Waals surface area contributed by atoms with Gasteiger partial charge in [0.15, 0.2) is 0 Å². The van der Waals surface area contributed by atoms with E-state index in [1.165, 1.54) is 12.3 Å². The normalized spacial score (nSPS) is 17.5. The minimum atomic E-state index is -0.291. The molecule has 0 unspecified atom stereocenters. The standard InChI is InChI=1S/C14H15N5O3/c20-12-3-1-7-17-19(12)10-13(21)18-8-4-11(9-18)22-14-15-5-2-6-16-14/h1-3,5-7,11H,4,8-10H2/t11-/m1/s1. The van der Waals surface area contributed by atoms with Crippen molar-refractivity contribution in [3.63, 3.8) is 0 Å². The summed E-state index contributed by atoms with van der Waals surface area (Å²) in [5, 5.41) is 3.88. The topological polar surface area (TPSA) is 90.2 Å². The first-order chi connectivity index (χ1) is 10.7. The molecular formula is C14H15N5O3. The molecule has 2 aromatic heterocycles. The van der Waals surface area contributed by atoms with Gasteiger partial charge in [-0.2, -0.15) is 5.10 Å². The molecule has 0 spiro atoms. The van der Waals surface area contributed by atoms with Crippen LogP contribution < -0.4 is 10.3 Å². The van der Waals surface area contributed by atoms with Crippen molar-refractivity contribution in [3.05, 3.63) is 47.1 Å². The molecule has 1 saturated heterocycles. The van der Waals surface area contributed by atoms with Crippen molar-refractivity contribution in [1.82, 2.24) is 24.6 Å². The summed E-state index contributed by atoms with van der Waals surface area (Å²) >= 11 is 0. The lowest BCUT2D eigenvalue weighted by molar-refractivity contribution is -0.131.